The molecule has 0 saturated heterocycles. The predicted octanol–water partition coefficient (Wildman–Crippen LogP) is 4.84. The van der Waals surface area contributed by atoms with Crippen LogP contribution in [0.5, 0.6) is 17.2 Å². The van der Waals surface area contributed by atoms with Crippen molar-refractivity contribution < 1.29 is 14.2 Å². The van der Waals surface area contributed by atoms with Gasteiger partial charge < -0.3 is 19.5 Å². The molecule has 0 spiro atoms. The first-order chi connectivity index (χ1) is 11.6. The van der Waals surface area contributed by atoms with Crippen molar-refractivity contribution in [1.82, 2.24) is 5.32 Å². The average molecular weight is 457 g/mol. The number of methoxy groups -OCH3 is 1. The highest BCUT2D eigenvalue weighted by molar-refractivity contribution is 9.11. The van der Waals surface area contributed by atoms with E-state index in [1.807, 2.05) is 18.2 Å². The minimum absolute atomic E-state index is 0.170. The highest BCUT2D eigenvalue weighted by Gasteiger charge is 2.15. The molecule has 2 aromatic carbocycles. The van der Waals surface area contributed by atoms with E-state index in [0.29, 0.717) is 19.8 Å². The van der Waals surface area contributed by atoms with Crippen LogP contribution in [0.3, 0.4) is 0 Å². The van der Waals surface area contributed by atoms with E-state index in [1.165, 1.54) is 0 Å². The first kappa shape index (κ1) is 17.6. The Bertz CT molecular complexity index is 736. The molecule has 4 nitrogen and oxygen atoms in total. The summed E-state index contributed by atoms with van der Waals surface area (Å²) < 4.78 is 18.7. The summed E-state index contributed by atoms with van der Waals surface area (Å²) in [7, 11) is 1.68. The molecule has 2 aromatic rings. The lowest BCUT2D eigenvalue weighted by Gasteiger charge is -2.21. The van der Waals surface area contributed by atoms with E-state index >= 15 is 0 Å². The predicted molar refractivity (Wildman–Crippen MR) is 101 cm³/mol. The van der Waals surface area contributed by atoms with E-state index in [0.717, 1.165) is 37.3 Å². The lowest BCUT2D eigenvalue weighted by molar-refractivity contribution is 0.171. The van der Waals surface area contributed by atoms with Gasteiger partial charge in [-0.25, -0.2) is 0 Å². The summed E-state index contributed by atoms with van der Waals surface area (Å²) in [5.41, 5.74) is 2.25. The lowest BCUT2D eigenvalue weighted by atomic mass is 10.1. The first-order valence-corrected chi connectivity index (χ1v) is 9.32. The molecule has 1 unspecified atom stereocenters. The minimum Gasteiger partial charge on any atom is -0.495 e. The lowest BCUT2D eigenvalue weighted by Crippen LogP contribution is -2.20. The van der Waals surface area contributed by atoms with Gasteiger partial charge in [-0.2, -0.15) is 0 Å². The van der Waals surface area contributed by atoms with Gasteiger partial charge in [-0.15, -0.1) is 0 Å². The average Bonchev–Trinajstić information content (AvgIpc) is 2.58. The second-order valence-corrected chi connectivity index (χ2v) is 7.36. The van der Waals surface area contributed by atoms with Crippen LogP contribution in [0.25, 0.3) is 0 Å². The Hall–Kier alpha value is -1.24. The van der Waals surface area contributed by atoms with Crippen molar-refractivity contribution in [1.29, 1.82) is 0 Å². The molecular formula is C18H19Br2NO3. The van der Waals surface area contributed by atoms with E-state index in [9.17, 15) is 0 Å². The zero-order valence-corrected chi connectivity index (χ0v) is 16.7. The molecule has 0 radical (unpaired) electrons. The van der Waals surface area contributed by atoms with Gasteiger partial charge in [0.1, 0.15) is 19.0 Å². The van der Waals surface area contributed by atoms with Crippen molar-refractivity contribution in [2.24, 2.45) is 0 Å². The first-order valence-electron chi connectivity index (χ1n) is 7.73. The van der Waals surface area contributed by atoms with Crippen LogP contribution in [0.2, 0.25) is 0 Å². The molecule has 0 aliphatic carbocycles. The second-order valence-electron chi connectivity index (χ2n) is 5.59. The van der Waals surface area contributed by atoms with Gasteiger partial charge in [0, 0.05) is 22.6 Å². The Kier molecular flexibility index (Phi) is 5.69. The van der Waals surface area contributed by atoms with Crippen LogP contribution in [0.1, 0.15) is 24.1 Å². The number of hydrogen-bond donors (Lipinski definition) is 1. The van der Waals surface area contributed by atoms with Crippen LogP contribution < -0.4 is 19.5 Å². The quantitative estimate of drug-likeness (QED) is 0.698. The highest BCUT2D eigenvalue weighted by atomic mass is 79.9. The van der Waals surface area contributed by atoms with Crippen molar-refractivity contribution in [3.8, 4) is 17.2 Å². The van der Waals surface area contributed by atoms with Gasteiger partial charge in [-0.1, -0.05) is 22.0 Å². The molecule has 1 aliphatic rings. The van der Waals surface area contributed by atoms with E-state index in [1.54, 1.807) is 7.11 Å². The summed E-state index contributed by atoms with van der Waals surface area (Å²) in [5, 5.41) is 3.53. The summed E-state index contributed by atoms with van der Waals surface area (Å²) in [5.74, 6) is 2.48. The third-order valence-corrected chi connectivity index (χ3v) is 5.00. The molecule has 1 aliphatic heterocycles. The van der Waals surface area contributed by atoms with Crippen LogP contribution in [0.4, 0.5) is 0 Å². The van der Waals surface area contributed by atoms with E-state index < -0.39 is 0 Å². The van der Waals surface area contributed by atoms with E-state index in [-0.39, 0.29) is 6.04 Å². The number of rotatable bonds is 5. The molecule has 0 amide bonds. The number of nitrogens with one attached hydrogen (secondary N) is 1. The summed E-state index contributed by atoms with van der Waals surface area (Å²) in [6.45, 7) is 4.03. The third-order valence-electron chi connectivity index (χ3n) is 3.95. The standard InChI is InChI=1S/C18H19Br2NO3/c1-11(12-3-4-16-17(8-12)24-6-5-23-16)21-10-13-7-14(19)9-15(20)18(13)22-2/h3-4,7-9,11,21H,5-6,10H2,1-2H3. The van der Waals surface area contributed by atoms with Crippen LogP contribution in [-0.2, 0) is 6.54 Å². The van der Waals surface area contributed by atoms with Gasteiger partial charge in [0.15, 0.2) is 11.5 Å². The molecule has 0 saturated carbocycles. The van der Waals surface area contributed by atoms with Crippen LogP contribution >= 0.6 is 31.9 Å². The van der Waals surface area contributed by atoms with Gasteiger partial charge in [0.2, 0.25) is 0 Å². The van der Waals surface area contributed by atoms with Crippen LogP contribution in [0, 0.1) is 0 Å². The van der Waals surface area contributed by atoms with Crippen molar-refractivity contribution in [2.75, 3.05) is 20.3 Å². The molecule has 1 atom stereocenters. The summed E-state index contributed by atoms with van der Waals surface area (Å²) in [6.07, 6.45) is 0. The Morgan fingerprint density at radius 3 is 2.62 bits per heavy atom. The molecule has 0 fully saturated rings. The molecule has 6 heteroatoms. The molecule has 3 rings (SSSR count). The number of ether oxygens (including phenoxy) is 3. The fourth-order valence-electron chi connectivity index (χ4n) is 2.68. The van der Waals surface area contributed by atoms with Crippen LogP contribution in [0.15, 0.2) is 39.3 Å². The number of fused-ring (bicyclic) bond motifs is 1. The topological polar surface area (TPSA) is 39.7 Å². The van der Waals surface area contributed by atoms with Crippen molar-refractivity contribution in [3.05, 3.63) is 50.4 Å². The van der Waals surface area contributed by atoms with Gasteiger partial charge in [-0.05, 0) is 52.7 Å². The van der Waals surface area contributed by atoms with Crippen LogP contribution in [-0.4, -0.2) is 20.3 Å². The van der Waals surface area contributed by atoms with Gasteiger partial charge >= 0.3 is 0 Å². The number of halogens is 2. The maximum absolute atomic E-state index is 5.66. The van der Waals surface area contributed by atoms with Crippen molar-refractivity contribution in [2.45, 2.75) is 19.5 Å². The smallest absolute Gasteiger partial charge is 0.161 e. The van der Waals surface area contributed by atoms with Crippen molar-refractivity contribution in [3.63, 3.8) is 0 Å². The zero-order chi connectivity index (χ0) is 17.1. The number of benzene rings is 2. The summed E-state index contributed by atoms with van der Waals surface area (Å²) in [4.78, 5) is 0. The molecule has 128 valence electrons. The monoisotopic (exact) mass is 455 g/mol. The fraction of sp³-hybridized carbons (Fsp3) is 0.333. The summed E-state index contributed by atoms with van der Waals surface area (Å²) >= 11 is 7.06. The van der Waals surface area contributed by atoms with Gasteiger partial charge in [0.25, 0.3) is 0 Å². The molecule has 1 N–H and O–H groups in total. The molecule has 0 aromatic heterocycles. The molecule has 1 heterocycles. The normalized spacial score (nSPS) is 14.3. The molecule has 24 heavy (non-hydrogen) atoms. The largest absolute Gasteiger partial charge is 0.495 e. The van der Waals surface area contributed by atoms with Gasteiger partial charge in [0.05, 0.1) is 11.6 Å². The highest BCUT2D eigenvalue weighted by Crippen LogP contribution is 2.34. The SMILES string of the molecule is COc1c(Br)cc(Br)cc1CNC(C)c1ccc2c(c1)OCCO2. The molecular weight excluding hydrogens is 438 g/mol. The Morgan fingerprint density at radius 1 is 1.12 bits per heavy atom. The van der Waals surface area contributed by atoms with E-state index in [2.05, 4.69) is 56.2 Å². The molecule has 0 bridgehead atoms. The zero-order valence-electron chi connectivity index (χ0n) is 13.6. The fourth-order valence-corrected chi connectivity index (χ4v) is 4.16. The Labute approximate surface area is 158 Å². The maximum atomic E-state index is 5.66. The van der Waals surface area contributed by atoms with Gasteiger partial charge in [-0.3, -0.25) is 0 Å². The maximum Gasteiger partial charge on any atom is 0.161 e. The van der Waals surface area contributed by atoms with E-state index in [4.69, 9.17) is 14.2 Å². The summed E-state index contributed by atoms with van der Waals surface area (Å²) in [6, 6.07) is 10.3. The minimum atomic E-state index is 0.170. The number of hydrogen-bond acceptors (Lipinski definition) is 4. The second kappa shape index (κ2) is 7.76. The Morgan fingerprint density at radius 2 is 1.88 bits per heavy atom. The Balaban J connectivity index is 1.73. The van der Waals surface area contributed by atoms with Crippen molar-refractivity contribution >= 4 is 31.9 Å². The third kappa shape index (κ3) is 3.87.